The third-order valence-electron chi connectivity index (χ3n) is 2.83. The van der Waals surface area contributed by atoms with Crippen LogP contribution in [0.1, 0.15) is 43.4 Å². The van der Waals surface area contributed by atoms with Crippen LogP contribution in [0.5, 0.6) is 0 Å². The summed E-state index contributed by atoms with van der Waals surface area (Å²) in [6, 6.07) is 1.54. The zero-order chi connectivity index (χ0) is 13.7. The second-order valence-electron chi connectivity index (χ2n) is 4.62. The predicted molar refractivity (Wildman–Crippen MR) is 69.4 cm³/mol. The maximum atomic E-state index is 11.7. The van der Waals surface area contributed by atoms with Crippen molar-refractivity contribution in [3.05, 3.63) is 23.2 Å². The minimum Gasteiger partial charge on any atom is -0.466 e. The van der Waals surface area contributed by atoms with Gasteiger partial charge in [0.15, 0.2) is 0 Å². The number of carbonyl (C=O) groups excluding carboxylic acids is 1. The van der Waals surface area contributed by atoms with E-state index in [1.807, 2.05) is 33.8 Å². The molecule has 0 aliphatic heterocycles. The van der Waals surface area contributed by atoms with Crippen molar-refractivity contribution in [3.8, 4) is 0 Å². The van der Waals surface area contributed by atoms with Crippen LogP contribution in [0.15, 0.2) is 10.5 Å². The molecule has 1 aromatic heterocycles. The summed E-state index contributed by atoms with van der Waals surface area (Å²) in [6.45, 7) is 7.59. The van der Waals surface area contributed by atoms with Crippen molar-refractivity contribution in [2.75, 3.05) is 6.61 Å². The third kappa shape index (κ3) is 4.07. The second-order valence-corrected chi connectivity index (χ2v) is 4.62. The summed E-state index contributed by atoms with van der Waals surface area (Å²) >= 11 is 0. The van der Waals surface area contributed by atoms with E-state index in [-0.39, 0.29) is 24.7 Å². The lowest BCUT2D eigenvalue weighted by atomic mass is 10.1. The van der Waals surface area contributed by atoms with Gasteiger partial charge in [-0.25, -0.2) is 4.79 Å². The Morgan fingerprint density at radius 3 is 2.56 bits per heavy atom. The van der Waals surface area contributed by atoms with Gasteiger partial charge in [0.1, 0.15) is 11.5 Å². The monoisotopic (exact) mass is 254 g/mol. The number of rotatable bonds is 5. The van der Waals surface area contributed by atoms with Gasteiger partial charge in [-0.2, -0.15) is 0 Å². The van der Waals surface area contributed by atoms with Crippen LogP contribution in [0.4, 0.5) is 4.79 Å². The summed E-state index contributed by atoms with van der Waals surface area (Å²) in [5.74, 6) is 1.66. The summed E-state index contributed by atoms with van der Waals surface area (Å²) in [5, 5.41) is 14.4. The number of amides is 2. The normalized spacial score (nSPS) is 14.1. The molecule has 18 heavy (non-hydrogen) atoms. The quantitative estimate of drug-likeness (QED) is 0.752. The number of aliphatic hydroxyl groups excluding tert-OH is 1. The number of hydrogen-bond donors (Lipinski definition) is 3. The molecule has 2 amide bonds. The summed E-state index contributed by atoms with van der Waals surface area (Å²) < 4.78 is 5.43. The van der Waals surface area contributed by atoms with Gasteiger partial charge >= 0.3 is 6.03 Å². The van der Waals surface area contributed by atoms with E-state index in [0.717, 1.165) is 17.1 Å². The van der Waals surface area contributed by atoms with Crippen molar-refractivity contribution in [1.82, 2.24) is 10.6 Å². The second kappa shape index (κ2) is 6.44. The summed E-state index contributed by atoms with van der Waals surface area (Å²) in [4.78, 5) is 11.7. The van der Waals surface area contributed by atoms with E-state index in [9.17, 15) is 4.79 Å². The van der Waals surface area contributed by atoms with Gasteiger partial charge in [0.2, 0.25) is 0 Å². The highest BCUT2D eigenvalue weighted by molar-refractivity contribution is 5.74. The fourth-order valence-corrected chi connectivity index (χ4v) is 1.89. The predicted octanol–water partition coefficient (Wildman–Crippen LogP) is 2.03. The highest BCUT2D eigenvalue weighted by Gasteiger charge is 2.15. The van der Waals surface area contributed by atoms with Crippen molar-refractivity contribution in [2.45, 2.75) is 46.2 Å². The van der Waals surface area contributed by atoms with Crippen molar-refractivity contribution in [2.24, 2.45) is 0 Å². The molecule has 1 unspecified atom stereocenters. The molecule has 5 heteroatoms. The Hall–Kier alpha value is -1.49. The topological polar surface area (TPSA) is 74.5 Å². The zero-order valence-electron chi connectivity index (χ0n) is 11.4. The lowest BCUT2D eigenvalue weighted by Crippen LogP contribution is -2.42. The molecule has 5 nitrogen and oxygen atoms in total. The molecule has 0 aliphatic rings. The first-order valence-electron chi connectivity index (χ1n) is 6.18. The Morgan fingerprint density at radius 1 is 1.39 bits per heavy atom. The van der Waals surface area contributed by atoms with Gasteiger partial charge in [-0.05, 0) is 40.2 Å². The van der Waals surface area contributed by atoms with Crippen molar-refractivity contribution in [3.63, 3.8) is 0 Å². The molecule has 1 aromatic rings. The fraction of sp³-hybridized carbons (Fsp3) is 0.615. The summed E-state index contributed by atoms with van der Waals surface area (Å²) in [5.41, 5.74) is 0.984. The van der Waals surface area contributed by atoms with Gasteiger partial charge < -0.3 is 20.2 Å². The zero-order valence-corrected chi connectivity index (χ0v) is 11.4. The molecule has 1 rings (SSSR count). The maximum absolute atomic E-state index is 11.7. The largest absolute Gasteiger partial charge is 0.466 e. The number of aryl methyl sites for hydroxylation is 2. The average Bonchev–Trinajstić information content (AvgIpc) is 2.57. The molecule has 0 spiro atoms. The first-order chi connectivity index (χ1) is 8.43. The molecule has 0 saturated carbocycles. The Kier molecular flexibility index (Phi) is 5.22. The van der Waals surface area contributed by atoms with Crippen LogP contribution >= 0.6 is 0 Å². The van der Waals surface area contributed by atoms with Crippen LogP contribution in [0.3, 0.4) is 0 Å². The number of carbonyl (C=O) groups is 1. The van der Waals surface area contributed by atoms with Crippen molar-refractivity contribution < 1.29 is 14.3 Å². The Morgan fingerprint density at radius 2 is 2.06 bits per heavy atom. The molecule has 0 radical (unpaired) electrons. The van der Waals surface area contributed by atoms with Crippen LogP contribution < -0.4 is 10.6 Å². The van der Waals surface area contributed by atoms with Gasteiger partial charge in [0.05, 0.1) is 6.04 Å². The molecule has 102 valence electrons. The maximum Gasteiger partial charge on any atom is 0.315 e. The number of nitrogens with one attached hydrogen (secondary N) is 2. The number of aliphatic hydroxyl groups is 1. The van der Waals surface area contributed by atoms with Gasteiger partial charge in [-0.3, -0.25) is 0 Å². The lowest BCUT2D eigenvalue weighted by molar-refractivity contribution is 0.228. The molecule has 3 N–H and O–H groups in total. The van der Waals surface area contributed by atoms with E-state index >= 15 is 0 Å². The Labute approximate surface area is 108 Å². The molecule has 0 bridgehead atoms. The fourth-order valence-electron chi connectivity index (χ4n) is 1.89. The standard InChI is InChI=1S/C13H22N2O3/c1-8(5-6-16)14-13(17)15-10(3)12-7-9(2)18-11(12)4/h7-8,10,16H,5-6H2,1-4H3,(H2,14,15,17)/t8-,10?/m1/s1. The molecular formula is C13H22N2O3. The Balaban J connectivity index is 2.52. The molecule has 0 fully saturated rings. The minimum absolute atomic E-state index is 0.0469. The summed E-state index contributed by atoms with van der Waals surface area (Å²) in [7, 11) is 0. The number of hydrogen-bond acceptors (Lipinski definition) is 3. The van der Waals surface area contributed by atoms with Crippen molar-refractivity contribution in [1.29, 1.82) is 0 Å². The molecule has 0 aliphatic carbocycles. The lowest BCUT2D eigenvalue weighted by Gasteiger charge is -2.17. The van der Waals surface area contributed by atoms with Crippen LogP contribution in [0.25, 0.3) is 0 Å². The first-order valence-corrected chi connectivity index (χ1v) is 6.18. The third-order valence-corrected chi connectivity index (χ3v) is 2.83. The van der Waals surface area contributed by atoms with Crippen molar-refractivity contribution >= 4 is 6.03 Å². The van der Waals surface area contributed by atoms with Crippen LogP contribution in [-0.4, -0.2) is 23.8 Å². The molecular weight excluding hydrogens is 232 g/mol. The smallest absolute Gasteiger partial charge is 0.315 e. The molecule has 1 heterocycles. The van der Waals surface area contributed by atoms with E-state index in [1.165, 1.54) is 0 Å². The van der Waals surface area contributed by atoms with Gasteiger partial charge in [0, 0.05) is 18.2 Å². The summed E-state index contributed by atoms with van der Waals surface area (Å²) in [6.07, 6.45) is 0.547. The van der Waals surface area contributed by atoms with E-state index < -0.39 is 0 Å². The van der Waals surface area contributed by atoms with Crippen LogP contribution in [-0.2, 0) is 0 Å². The van der Waals surface area contributed by atoms with E-state index in [0.29, 0.717) is 6.42 Å². The average molecular weight is 254 g/mol. The highest BCUT2D eigenvalue weighted by Crippen LogP contribution is 2.20. The van der Waals surface area contributed by atoms with E-state index in [2.05, 4.69) is 10.6 Å². The van der Waals surface area contributed by atoms with E-state index in [1.54, 1.807) is 0 Å². The number of urea groups is 1. The first kappa shape index (κ1) is 14.6. The van der Waals surface area contributed by atoms with Crippen LogP contribution in [0.2, 0.25) is 0 Å². The van der Waals surface area contributed by atoms with Gasteiger partial charge in [0.25, 0.3) is 0 Å². The molecule has 0 aromatic carbocycles. The number of furan rings is 1. The SMILES string of the molecule is Cc1cc(C(C)NC(=O)N[C@H](C)CCO)c(C)o1. The molecule has 0 saturated heterocycles. The van der Waals surface area contributed by atoms with Gasteiger partial charge in [-0.1, -0.05) is 0 Å². The minimum atomic E-state index is -0.235. The molecule has 2 atom stereocenters. The Bertz CT molecular complexity index is 401. The van der Waals surface area contributed by atoms with E-state index in [4.69, 9.17) is 9.52 Å². The van der Waals surface area contributed by atoms with Gasteiger partial charge in [-0.15, -0.1) is 0 Å². The van der Waals surface area contributed by atoms with Crippen LogP contribution in [0, 0.1) is 13.8 Å². The highest BCUT2D eigenvalue weighted by atomic mass is 16.3.